The summed E-state index contributed by atoms with van der Waals surface area (Å²) in [6.07, 6.45) is 1.78. The molecule has 3 rings (SSSR count). The number of rotatable bonds is 0. The van der Waals surface area contributed by atoms with E-state index in [1.807, 2.05) is 23.7 Å². The molecular formula is C11H8N2S2. The fourth-order valence-corrected chi connectivity index (χ4v) is 3.06. The SMILES string of the molecule is Cn1cnc2c(sc3ccccc32)c1=S. The number of aromatic nitrogens is 2. The van der Waals surface area contributed by atoms with Gasteiger partial charge in [0.25, 0.3) is 0 Å². The Kier molecular flexibility index (Phi) is 1.87. The van der Waals surface area contributed by atoms with Crippen LogP contribution in [0.25, 0.3) is 20.3 Å². The summed E-state index contributed by atoms with van der Waals surface area (Å²) < 4.78 is 5.10. The van der Waals surface area contributed by atoms with Crippen LogP contribution >= 0.6 is 23.6 Å². The summed E-state index contributed by atoms with van der Waals surface area (Å²) in [6.45, 7) is 0. The van der Waals surface area contributed by atoms with E-state index < -0.39 is 0 Å². The van der Waals surface area contributed by atoms with E-state index in [0.29, 0.717) is 0 Å². The van der Waals surface area contributed by atoms with Gasteiger partial charge in [-0.2, -0.15) is 0 Å². The van der Waals surface area contributed by atoms with Crippen molar-refractivity contribution in [1.29, 1.82) is 0 Å². The standard InChI is InChI=1S/C11H8N2S2/c1-13-6-12-9-7-4-2-3-5-8(7)15-10(9)11(13)14/h2-6H,1H3. The number of aryl methyl sites for hydroxylation is 1. The topological polar surface area (TPSA) is 17.8 Å². The molecule has 0 N–H and O–H groups in total. The first-order valence-corrected chi connectivity index (χ1v) is 5.83. The van der Waals surface area contributed by atoms with Crippen molar-refractivity contribution in [2.24, 2.45) is 7.05 Å². The molecule has 0 saturated heterocycles. The smallest absolute Gasteiger partial charge is 0.126 e. The van der Waals surface area contributed by atoms with Crippen molar-refractivity contribution < 1.29 is 0 Å². The molecule has 0 fully saturated rings. The second-order valence-electron chi connectivity index (χ2n) is 3.44. The lowest BCUT2D eigenvalue weighted by Crippen LogP contribution is -1.92. The van der Waals surface area contributed by atoms with Gasteiger partial charge >= 0.3 is 0 Å². The van der Waals surface area contributed by atoms with Crippen LogP contribution < -0.4 is 0 Å². The third-order valence-electron chi connectivity index (χ3n) is 2.44. The van der Waals surface area contributed by atoms with Crippen LogP contribution in [0.1, 0.15) is 0 Å². The van der Waals surface area contributed by atoms with Crippen LogP contribution in [0.4, 0.5) is 0 Å². The summed E-state index contributed by atoms with van der Waals surface area (Å²) in [6, 6.07) is 8.28. The molecule has 3 aromatic rings. The Morgan fingerprint density at radius 2 is 2.13 bits per heavy atom. The predicted molar refractivity (Wildman–Crippen MR) is 66.9 cm³/mol. The maximum absolute atomic E-state index is 5.37. The van der Waals surface area contributed by atoms with Gasteiger partial charge in [0.15, 0.2) is 0 Å². The van der Waals surface area contributed by atoms with Crippen LogP contribution in [0.5, 0.6) is 0 Å². The molecule has 0 aliphatic carbocycles. The Balaban J connectivity index is 2.66. The summed E-state index contributed by atoms with van der Waals surface area (Å²) in [4.78, 5) is 4.44. The van der Waals surface area contributed by atoms with E-state index in [1.54, 1.807) is 17.7 Å². The number of thiophene rings is 1. The van der Waals surface area contributed by atoms with Crippen molar-refractivity contribution in [3.05, 3.63) is 35.2 Å². The third-order valence-corrected chi connectivity index (χ3v) is 4.23. The van der Waals surface area contributed by atoms with E-state index in [1.165, 1.54) is 10.1 Å². The molecule has 15 heavy (non-hydrogen) atoms. The molecular weight excluding hydrogens is 224 g/mol. The highest BCUT2D eigenvalue weighted by atomic mass is 32.1. The van der Waals surface area contributed by atoms with Gasteiger partial charge in [-0.25, -0.2) is 4.98 Å². The van der Waals surface area contributed by atoms with Gasteiger partial charge in [0.2, 0.25) is 0 Å². The minimum absolute atomic E-state index is 0.862. The molecule has 2 heterocycles. The van der Waals surface area contributed by atoms with Crippen molar-refractivity contribution in [2.45, 2.75) is 0 Å². The summed E-state index contributed by atoms with van der Waals surface area (Å²) in [5.41, 5.74) is 1.03. The zero-order chi connectivity index (χ0) is 10.4. The quantitative estimate of drug-likeness (QED) is 0.552. The Morgan fingerprint density at radius 3 is 3.00 bits per heavy atom. The number of hydrogen-bond donors (Lipinski definition) is 0. The van der Waals surface area contributed by atoms with E-state index in [4.69, 9.17) is 12.2 Å². The molecule has 0 atom stereocenters. The van der Waals surface area contributed by atoms with Crippen molar-refractivity contribution in [3.8, 4) is 0 Å². The predicted octanol–water partition coefficient (Wildman–Crippen LogP) is 3.52. The average Bonchev–Trinajstić information content (AvgIpc) is 2.63. The maximum atomic E-state index is 5.37. The van der Waals surface area contributed by atoms with Crippen LogP contribution in [0.2, 0.25) is 0 Å². The molecule has 0 unspecified atom stereocenters. The Labute approximate surface area is 95.8 Å². The molecule has 0 amide bonds. The fraction of sp³-hybridized carbons (Fsp3) is 0.0909. The lowest BCUT2D eigenvalue weighted by Gasteiger charge is -1.96. The van der Waals surface area contributed by atoms with Crippen molar-refractivity contribution >= 4 is 43.9 Å². The van der Waals surface area contributed by atoms with Crippen molar-refractivity contribution in [3.63, 3.8) is 0 Å². The normalized spacial score (nSPS) is 11.3. The Morgan fingerprint density at radius 1 is 1.33 bits per heavy atom. The second kappa shape index (κ2) is 3.12. The largest absolute Gasteiger partial charge is 0.325 e. The van der Waals surface area contributed by atoms with E-state index in [9.17, 15) is 0 Å². The lowest BCUT2D eigenvalue weighted by atomic mass is 10.2. The van der Waals surface area contributed by atoms with Gasteiger partial charge < -0.3 is 4.57 Å². The third kappa shape index (κ3) is 1.22. The van der Waals surface area contributed by atoms with E-state index in [0.717, 1.165) is 14.9 Å². The molecule has 4 heteroatoms. The molecule has 74 valence electrons. The molecule has 0 bridgehead atoms. The minimum Gasteiger partial charge on any atom is -0.325 e. The van der Waals surface area contributed by atoms with Crippen molar-refractivity contribution in [1.82, 2.24) is 9.55 Å². The van der Waals surface area contributed by atoms with Gasteiger partial charge in [-0.15, -0.1) is 11.3 Å². The summed E-state index contributed by atoms with van der Waals surface area (Å²) in [5, 5.41) is 1.20. The molecule has 1 aromatic carbocycles. The van der Waals surface area contributed by atoms with Crippen LogP contribution in [0.15, 0.2) is 30.6 Å². The number of benzene rings is 1. The highest BCUT2D eigenvalue weighted by Gasteiger charge is 2.06. The fourth-order valence-electron chi connectivity index (χ4n) is 1.66. The molecule has 0 aliphatic heterocycles. The highest BCUT2D eigenvalue weighted by molar-refractivity contribution is 7.71. The molecule has 0 spiro atoms. The molecule has 2 nitrogen and oxygen atoms in total. The van der Waals surface area contributed by atoms with Gasteiger partial charge in [-0.1, -0.05) is 30.4 Å². The summed E-state index contributed by atoms with van der Waals surface area (Å²) in [7, 11) is 1.93. The zero-order valence-corrected chi connectivity index (χ0v) is 9.73. The lowest BCUT2D eigenvalue weighted by molar-refractivity contribution is 0.869. The van der Waals surface area contributed by atoms with Crippen LogP contribution in [0.3, 0.4) is 0 Å². The summed E-state index contributed by atoms with van der Waals surface area (Å²) in [5.74, 6) is 0. The van der Waals surface area contributed by atoms with Gasteiger partial charge in [-0.05, 0) is 6.07 Å². The first-order chi connectivity index (χ1) is 7.27. The number of nitrogens with zero attached hydrogens (tertiary/aromatic N) is 2. The molecule has 0 saturated carbocycles. The molecule has 0 radical (unpaired) electrons. The Bertz CT molecular complexity index is 709. The van der Waals surface area contributed by atoms with E-state index >= 15 is 0 Å². The Hall–Kier alpha value is -1.26. The summed E-state index contributed by atoms with van der Waals surface area (Å²) >= 11 is 7.08. The van der Waals surface area contributed by atoms with Gasteiger partial charge in [-0.3, -0.25) is 0 Å². The van der Waals surface area contributed by atoms with Gasteiger partial charge in [0.05, 0.1) is 16.5 Å². The van der Waals surface area contributed by atoms with Crippen molar-refractivity contribution in [2.75, 3.05) is 0 Å². The van der Waals surface area contributed by atoms with Crippen LogP contribution in [-0.2, 0) is 7.05 Å². The van der Waals surface area contributed by atoms with Gasteiger partial charge in [0, 0.05) is 17.1 Å². The molecule has 2 aromatic heterocycles. The zero-order valence-electron chi connectivity index (χ0n) is 8.10. The monoisotopic (exact) mass is 232 g/mol. The first kappa shape index (κ1) is 9.00. The van der Waals surface area contributed by atoms with Gasteiger partial charge in [0.1, 0.15) is 4.64 Å². The van der Waals surface area contributed by atoms with E-state index in [-0.39, 0.29) is 0 Å². The molecule has 0 aliphatic rings. The highest BCUT2D eigenvalue weighted by Crippen LogP contribution is 2.32. The number of fused-ring (bicyclic) bond motifs is 3. The van der Waals surface area contributed by atoms with Crippen LogP contribution in [-0.4, -0.2) is 9.55 Å². The van der Waals surface area contributed by atoms with Crippen LogP contribution in [0, 0.1) is 4.64 Å². The number of hydrogen-bond acceptors (Lipinski definition) is 3. The maximum Gasteiger partial charge on any atom is 0.126 e. The first-order valence-electron chi connectivity index (χ1n) is 4.60. The van der Waals surface area contributed by atoms with E-state index in [2.05, 4.69) is 17.1 Å². The minimum atomic E-state index is 0.862. The average molecular weight is 232 g/mol. The second-order valence-corrected chi connectivity index (χ2v) is 4.88.